The molecule has 1 saturated heterocycles. The Kier molecular flexibility index (Phi) is 6.67. The van der Waals surface area contributed by atoms with Crippen molar-refractivity contribution >= 4 is 21.2 Å². The van der Waals surface area contributed by atoms with Crippen LogP contribution in [0.2, 0.25) is 0 Å². The Balaban J connectivity index is 1.75. The van der Waals surface area contributed by atoms with Gasteiger partial charge in [0.1, 0.15) is 12.2 Å². The predicted octanol–water partition coefficient (Wildman–Crippen LogP) is 2.82. The second-order valence-electron chi connectivity index (χ2n) is 6.94. The topological polar surface area (TPSA) is 72.9 Å². The highest BCUT2D eigenvalue weighted by Gasteiger charge is 2.39. The van der Waals surface area contributed by atoms with Gasteiger partial charge in [-0.15, -0.1) is 0 Å². The number of rotatable bonds is 7. The number of hydrogen-bond donors (Lipinski definition) is 0. The maximum Gasteiger partial charge on any atom is 0.297 e. The first-order chi connectivity index (χ1) is 13.3. The van der Waals surface area contributed by atoms with Gasteiger partial charge in [-0.1, -0.05) is 42.3 Å². The van der Waals surface area contributed by atoms with Crippen molar-refractivity contribution in [1.29, 1.82) is 0 Å². The van der Waals surface area contributed by atoms with E-state index in [9.17, 15) is 12.6 Å². The summed E-state index contributed by atoms with van der Waals surface area (Å²) in [5, 5.41) is 0. The van der Waals surface area contributed by atoms with E-state index >= 15 is 0 Å². The van der Waals surface area contributed by atoms with Crippen molar-refractivity contribution in [2.24, 2.45) is 0 Å². The van der Waals surface area contributed by atoms with E-state index in [0.29, 0.717) is 18.0 Å². The van der Waals surface area contributed by atoms with Gasteiger partial charge in [-0.05, 0) is 44.7 Å². The molecule has 1 unspecified atom stereocenters. The van der Waals surface area contributed by atoms with E-state index in [1.165, 1.54) is 12.1 Å². The average molecular weight is 424 g/mol. The first kappa shape index (κ1) is 21.1. The number of nitrogens with zero attached hydrogens (tertiary/aromatic N) is 1. The van der Waals surface area contributed by atoms with Crippen LogP contribution in [-0.4, -0.2) is 49.4 Å². The molecule has 0 spiro atoms. The van der Waals surface area contributed by atoms with Gasteiger partial charge in [-0.2, -0.15) is 8.42 Å². The summed E-state index contributed by atoms with van der Waals surface area (Å²) in [5.41, 5.74) is 2.02. The molecule has 1 aliphatic rings. The van der Waals surface area contributed by atoms with Crippen LogP contribution < -0.4 is 0 Å². The molecular formula is C20H25NO5S2. The highest BCUT2D eigenvalue weighted by molar-refractivity contribution is 7.86. The molecular weight excluding hydrogens is 398 g/mol. The maximum atomic E-state index is 12.7. The lowest BCUT2D eigenvalue weighted by atomic mass is 10.2. The fourth-order valence-electron chi connectivity index (χ4n) is 3.00. The molecule has 8 heteroatoms. The van der Waals surface area contributed by atoms with E-state index in [1.54, 1.807) is 24.3 Å². The van der Waals surface area contributed by atoms with Gasteiger partial charge in [-0.25, -0.2) is 4.21 Å². The Morgan fingerprint density at radius 2 is 1.50 bits per heavy atom. The molecule has 0 aliphatic carbocycles. The van der Waals surface area contributed by atoms with Crippen LogP contribution in [0.1, 0.15) is 18.1 Å². The van der Waals surface area contributed by atoms with Gasteiger partial charge < -0.3 is 0 Å². The molecule has 152 valence electrons. The van der Waals surface area contributed by atoms with Gasteiger partial charge >= 0.3 is 0 Å². The summed E-state index contributed by atoms with van der Waals surface area (Å²) in [6.07, 6.45) is -1.33. The summed E-state index contributed by atoms with van der Waals surface area (Å²) in [7, 11) is -3.94. The molecule has 0 amide bonds. The van der Waals surface area contributed by atoms with E-state index < -0.39 is 33.4 Å². The first-order valence-corrected chi connectivity index (χ1v) is 11.6. The molecule has 0 radical (unpaired) electrons. The van der Waals surface area contributed by atoms with Crippen molar-refractivity contribution in [3.8, 4) is 0 Å². The minimum absolute atomic E-state index is 0.103. The van der Waals surface area contributed by atoms with Gasteiger partial charge in [0.05, 0.1) is 9.79 Å². The number of hydrogen-bond acceptors (Lipinski definition) is 6. The van der Waals surface area contributed by atoms with Crippen LogP contribution in [0.4, 0.5) is 0 Å². The molecule has 6 nitrogen and oxygen atoms in total. The van der Waals surface area contributed by atoms with Crippen molar-refractivity contribution in [3.63, 3.8) is 0 Å². The fourth-order valence-corrected chi connectivity index (χ4v) is 4.97. The maximum absolute atomic E-state index is 12.7. The van der Waals surface area contributed by atoms with Crippen LogP contribution >= 0.6 is 0 Å². The Morgan fingerprint density at radius 1 is 0.964 bits per heavy atom. The van der Waals surface area contributed by atoms with Crippen molar-refractivity contribution in [2.75, 3.05) is 19.6 Å². The Morgan fingerprint density at radius 3 is 2.07 bits per heavy atom. The van der Waals surface area contributed by atoms with Gasteiger partial charge in [0, 0.05) is 13.1 Å². The average Bonchev–Trinajstić information content (AvgIpc) is 3.03. The number of likely N-dealkylation sites (N-methyl/N-ethyl adjacent to an activating group) is 1. The normalized spacial score (nSPS) is 21.7. The molecule has 1 heterocycles. The van der Waals surface area contributed by atoms with Crippen LogP contribution in [-0.2, 0) is 29.6 Å². The Hall–Kier alpha value is -1.58. The minimum atomic E-state index is -3.94. The van der Waals surface area contributed by atoms with Crippen molar-refractivity contribution in [2.45, 2.75) is 42.8 Å². The van der Waals surface area contributed by atoms with Gasteiger partial charge in [0.15, 0.2) is 11.1 Å². The third-order valence-electron chi connectivity index (χ3n) is 4.72. The minimum Gasteiger partial charge on any atom is -0.298 e. The first-order valence-electron chi connectivity index (χ1n) is 9.16. The molecule has 2 aromatic rings. The summed E-state index contributed by atoms with van der Waals surface area (Å²) in [6.45, 7) is 7.40. The molecule has 0 saturated carbocycles. The number of benzene rings is 2. The number of aryl methyl sites for hydroxylation is 2. The van der Waals surface area contributed by atoms with Crippen LogP contribution in [0.15, 0.2) is 58.3 Å². The molecule has 28 heavy (non-hydrogen) atoms. The molecule has 1 aliphatic heterocycles. The molecule has 3 atom stereocenters. The summed E-state index contributed by atoms with van der Waals surface area (Å²) >= 11 is -1.70. The van der Waals surface area contributed by atoms with Gasteiger partial charge in [0.25, 0.3) is 10.1 Å². The fraction of sp³-hybridized carbons (Fsp3) is 0.400. The zero-order valence-corrected chi connectivity index (χ0v) is 17.8. The number of likely N-dealkylation sites (tertiary alicyclic amines) is 1. The van der Waals surface area contributed by atoms with Gasteiger partial charge in [0.2, 0.25) is 0 Å². The standard InChI is InChI=1S/C20H25NO5S2/c1-4-21-13-19(25-27(22)17-9-5-15(2)6-10-17)20(14-21)26-28(23,24)18-11-7-16(3)8-12-18/h5-12,19-20H,4,13-14H2,1-3H3/t19-,20+,27?/m0/s1. The second kappa shape index (κ2) is 8.84. The van der Waals surface area contributed by atoms with E-state index in [-0.39, 0.29) is 4.90 Å². The highest BCUT2D eigenvalue weighted by atomic mass is 32.2. The van der Waals surface area contributed by atoms with Crippen molar-refractivity contribution < 1.29 is 21.0 Å². The molecule has 1 fully saturated rings. The smallest absolute Gasteiger partial charge is 0.297 e. The van der Waals surface area contributed by atoms with Crippen molar-refractivity contribution in [3.05, 3.63) is 59.7 Å². The van der Waals surface area contributed by atoms with E-state index in [4.69, 9.17) is 8.37 Å². The Labute approximate surface area is 169 Å². The zero-order valence-electron chi connectivity index (χ0n) is 16.2. The molecule has 3 rings (SSSR count). The van der Waals surface area contributed by atoms with Crippen LogP contribution in [0.3, 0.4) is 0 Å². The third-order valence-corrected chi connectivity index (χ3v) is 7.15. The molecule has 0 bridgehead atoms. The summed E-state index contributed by atoms with van der Waals surface area (Å²) in [6, 6.07) is 13.7. The summed E-state index contributed by atoms with van der Waals surface area (Å²) in [4.78, 5) is 2.67. The van der Waals surface area contributed by atoms with E-state index in [2.05, 4.69) is 0 Å². The molecule has 0 aromatic heterocycles. The van der Waals surface area contributed by atoms with Gasteiger partial charge in [-0.3, -0.25) is 13.3 Å². The monoisotopic (exact) mass is 423 g/mol. The SMILES string of the molecule is CCN1C[C@H](OS(=O)c2ccc(C)cc2)[C@H](OS(=O)(=O)c2ccc(C)cc2)C1. The lowest BCUT2D eigenvalue weighted by molar-refractivity contribution is 0.107. The largest absolute Gasteiger partial charge is 0.298 e. The lowest BCUT2D eigenvalue weighted by Crippen LogP contribution is -2.32. The summed E-state index contributed by atoms with van der Waals surface area (Å²) in [5.74, 6) is 0. The third kappa shape index (κ3) is 5.07. The van der Waals surface area contributed by atoms with E-state index in [0.717, 1.165) is 17.7 Å². The highest BCUT2D eigenvalue weighted by Crippen LogP contribution is 2.24. The Bertz CT molecular complexity index is 926. The zero-order chi connectivity index (χ0) is 20.3. The molecule has 0 N–H and O–H groups in total. The van der Waals surface area contributed by atoms with Crippen LogP contribution in [0.5, 0.6) is 0 Å². The van der Waals surface area contributed by atoms with Crippen LogP contribution in [0.25, 0.3) is 0 Å². The summed E-state index contributed by atoms with van der Waals surface area (Å²) < 4.78 is 49.1. The van der Waals surface area contributed by atoms with E-state index in [1.807, 2.05) is 37.8 Å². The molecule has 2 aromatic carbocycles. The lowest BCUT2D eigenvalue weighted by Gasteiger charge is -2.18. The van der Waals surface area contributed by atoms with Crippen molar-refractivity contribution in [1.82, 2.24) is 4.90 Å². The van der Waals surface area contributed by atoms with Crippen LogP contribution in [0, 0.1) is 13.8 Å². The second-order valence-corrected chi connectivity index (χ2v) is 9.64. The quantitative estimate of drug-likeness (QED) is 0.638. The predicted molar refractivity (Wildman–Crippen MR) is 108 cm³/mol.